The molecule has 64 valence electrons. The van der Waals surface area contributed by atoms with Gasteiger partial charge in [0.05, 0.1) is 0 Å². The van der Waals surface area contributed by atoms with E-state index in [0.29, 0.717) is 0 Å². The number of hydrogen-bond donors (Lipinski definition) is 0. The largest absolute Gasteiger partial charge is 0.120 e. The van der Waals surface area contributed by atoms with Gasteiger partial charge in [0.2, 0.25) is 0 Å². The van der Waals surface area contributed by atoms with Crippen molar-refractivity contribution >= 4 is 7.28 Å². The summed E-state index contributed by atoms with van der Waals surface area (Å²) in [6.07, 6.45) is 8.71. The van der Waals surface area contributed by atoms with Gasteiger partial charge in [-0.15, -0.1) is 6.58 Å². The Morgan fingerprint density at radius 1 is 1.45 bits per heavy atom. The topological polar surface area (TPSA) is 0 Å². The van der Waals surface area contributed by atoms with Crippen molar-refractivity contribution in [3.05, 3.63) is 12.7 Å². The molecule has 0 rings (SSSR count). The zero-order valence-electron chi connectivity index (χ0n) is 8.10. The number of unbranched alkanes of at least 4 members (excludes halogenated alkanes) is 1. The molecule has 0 saturated carbocycles. The molecule has 0 saturated heterocycles. The van der Waals surface area contributed by atoms with Crippen molar-refractivity contribution in [3.8, 4) is 0 Å². The molecular formula is C10H21B. The van der Waals surface area contributed by atoms with Crippen LogP contribution in [0, 0.1) is 0 Å². The molecule has 0 radical (unpaired) electrons. The van der Waals surface area contributed by atoms with Crippen LogP contribution in [0.15, 0.2) is 12.7 Å². The van der Waals surface area contributed by atoms with E-state index < -0.39 is 0 Å². The molecule has 0 aromatic carbocycles. The SMILES string of the molecule is C=CCCCC(BC)CCC. The lowest BCUT2D eigenvalue weighted by Crippen LogP contribution is -1.99. The summed E-state index contributed by atoms with van der Waals surface area (Å²) in [5.74, 6) is 0.972. The molecule has 0 aliphatic carbocycles. The number of hydrogen-bond acceptors (Lipinski definition) is 0. The molecule has 0 bridgehead atoms. The highest BCUT2D eigenvalue weighted by molar-refractivity contribution is 6.35. The van der Waals surface area contributed by atoms with E-state index in [4.69, 9.17) is 0 Å². The van der Waals surface area contributed by atoms with Crippen LogP contribution >= 0.6 is 0 Å². The van der Waals surface area contributed by atoms with Gasteiger partial charge in [0, 0.05) is 0 Å². The van der Waals surface area contributed by atoms with Gasteiger partial charge >= 0.3 is 0 Å². The summed E-state index contributed by atoms with van der Waals surface area (Å²) in [5, 5.41) is 0. The molecule has 1 atom stereocenters. The average Bonchev–Trinajstić information content (AvgIpc) is 2.03. The first kappa shape index (κ1) is 10.8. The molecule has 11 heavy (non-hydrogen) atoms. The lowest BCUT2D eigenvalue weighted by Gasteiger charge is -2.11. The van der Waals surface area contributed by atoms with E-state index in [-0.39, 0.29) is 0 Å². The molecule has 1 heteroatoms. The lowest BCUT2D eigenvalue weighted by atomic mass is 9.63. The van der Waals surface area contributed by atoms with Gasteiger partial charge < -0.3 is 0 Å². The first-order chi connectivity index (χ1) is 5.35. The van der Waals surface area contributed by atoms with Gasteiger partial charge in [-0.05, 0) is 6.42 Å². The van der Waals surface area contributed by atoms with E-state index in [1.54, 1.807) is 0 Å². The standard InChI is InChI=1S/C10H21B/c1-4-6-7-9-10(11-3)8-5-2/h4,10-11H,1,5-9H2,2-3H3. The van der Waals surface area contributed by atoms with Crippen molar-refractivity contribution in [2.75, 3.05) is 0 Å². The van der Waals surface area contributed by atoms with Gasteiger partial charge in [0.15, 0.2) is 0 Å². The molecule has 0 N–H and O–H groups in total. The third-order valence-electron chi connectivity index (χ3n) is 2.29. The van der Waals surface area contributed by atoms with Crippen LogP contribution in [0.2, 0.25) is 12.6 Å². The molecule has 0 nitrogen and oxygen atoms in total. The highest BCUT2D eigenvalue weighted by Crippen LogP contribution is 2.19. The van der Waals surface area contributed by atoms with Crippen LogP contribution in [-0.2, 0) is 0 Å². The molecule has 0 aliphatic heterocycles. The third-order valence-corrected chi connectivity index (χ3v) is 2.29. The summed E-state index contributed by atoms with van der Waals surface area (Å²) in [6, 6.07) is 0. The summed E-state index contributed by atoms with van der Waals surface area (Å²) >= 11 is 0. The Kier molecular flexibility index (Phi) is 7.77. The number of rotatable bonds is 7. The zero-order chi connectivity index (χ0) is 8.53. The summed E-state index contributed by atoms with van der Waals surface area (Å²) in [7, 11) is 1.35. The van der Waals surface area contributed by atoms with Crippen molar-refractivity contribution in [1.82, 2.24) is 0 Å². The molecule has 0 amide bonds. The zero-order valence-corrected chi connectivity index (χ0v) is 8.10. The second-order valence-corrected chi connectivity index (χ2v) is 3.28. The molecule has 0 spiro atoms. The van der Waals surface area contributed by atoms with Crippen molar-refractivity contribution < 1.29 is 0 Å². The maximum atomic E-state index is 3.73. The van der Waals surface area contributed by atoms with Crippen molar-refractivity contribution in [3.63, 3.8) is 0 Å². The fraction of sp³-hybridized carbons (Fsp3) is 0.800. The molecule has 0 fully saturated rings. The van der Waals surface area contributed by atoms with E-state index in [1.165, 1.54) is 39.4 Å². The second kappa shape index (κ2) is 7.91. The van der Waals surface area contributed by atoms with Crippen LogP contribution in [-0.4, -0.2) is 7.28 Å². The summed E-state index contributed by atoms with van der Waals surface area (Å²) in [6.45, 7) is 8.30. The molecule has 0 aromatic rings. The highest BCUT2D eigenvalue weighted by Gasteiger charge is 2.04. The van der Waals surface area contributed by atoms with E-state index >= 15 is 0 Å². The Morgan fingerprint density at radius 3 is 2.64 bits per heavy atom. The van der Waals surface area contributed by atoms with Crippen molar-refractivity contribution in [2.45, 2.75) is 51.7 Å². The van der Waals surface area contributed by atoms with Gasteiger partial charge in [0.1, 0.15) is 7.28 Å². The predicted molar refractivity (Wildman–Crippen MR) is 55.7 cm³/mol. The summed E-state index contributed by atoms with van der Waals surface area (Å²) in [5.41, 5.74) is 0. The van der Waals surface area contributed by atoms with Crippen LogP contribution in [0.5, 0.6) is 0 Å². The molecule has 0 heterocycles. The van der Waals surface area contributed by atoms with Crippen LogP contribution < -0.4 is 0 Å². The van der Waals surface area contributed by atoms with Gasteiger partial charge in [-0.1, -0.05) is 51.3 Å². The van der Waals surface area contributed by atoms with Crippen molar-refractivity contribution in [1.29, 1.82) is 0 Å². The lowest BCUT2D eigenvalue weighted by molar-refractivity contribution is 0.632. The average molecular weight is 152 g/mol. The minimum absolute atomic E-state index is 0.972. The minimum atomic E-state index is 0.972. The van der Waals surface area contributed by atoms with Gasteiger partial charge in [-0.2, -0.15) is 0 Å². The Labute approximate surface area is 72.3 Å². The van der Waals surface area contributed by atoms with Crippen LogP contribution in [0.1, 0.15) is 39.0 Å². The fourth-order valence-corrected chi connectivity index (χ4v) is 1.51. The van der Waals surface area contributed by atoms with E-state index in [9.17, 15) is 0 Å². The van der Waals surface area contributed by atoms with Crippen LogP contribution in [0.4, 0.5) is 0 Å². The van der Waals surface area contributed by atoms with Gasteiger partial charge in [-0.3, -0.25) is 0 Å². The quantitative estimate of drug-likeness (QED) is 0.298. The normalized spacial score (nSPS) is 12.5. The van der Waals surface area contributed by atoms with Crippen molar-refractivity contribution in [2.24, 2.45) is 0 Å². The number of allylic oxidation sites excluding steroid dienone is 1. The van der Waals surface area contributed by atoms with Crippen LogP contribution in [0.3, 0.4) is 0 Å². The van der Waals surface area contributed by atoms with Crippen LogP contribution in [0.25, 0.3) is 0 Å². The highest BCUT2D eigenvalue weighted by atomic mass is 14.0. The summed E-state index contributed by atoms with van der Waals surface area (Å²) in [4.78, 5) is 0. The predicted octanol–water partition coefficient (Wildman–Crippen LogP) is 3.42. The first-order valence-corrected chi connectivity index (χ1v) is 4.96. The monoisotopic (exact) mass is 152 g/mol. The maximum Gasteiger partial charge on any atom is 0.120 e. The van der Waals surface area contributed by atoms with E-state index in [2.05, 4.69) is 20.3 Å². The Morgan fingerprint density at radius 2 is 2.18 bits per heavy atom. The Hall–Kier alpha value is -0.195. The van der Waals surface area contributed by atoms with Gasteiger partial charge in [-0.25, -0.2) is 0 Å². The Balaban J connectivity index is 3.27. The molecule has 0 aromatic heterocycles. The van der Waals surface area contributed by atoms with Gasteiger partial charge in [0.25, 0.3) is 0 Å². The molecular weight excluding hydrogens is 131 g/mol. The third kappa shape index (κ3) is 6.21. The summed E-state index contributed by atoms with van der Waals surface area (Å²) < 4.78 is 0. The smallest absolute Gasteiger partial charge is 0.103 e. The molecule has 0 aliphatic rings. The molecule has 1 unspecified atom stereocenters. The fourth-order valence-electron chi connectivity index (χ4n) is 1.51. The second-order valence-electron chi connectivity index (χ2n) is 3.28. The van der Waals surface area contributed by atoms with E-state index in [0.717, 1.165) is 5.82 Å². The minimum Gasteiger partial charge on any atom is -0.103 e. The Bertz CT molecular complexity index is 88.9. The first-order valence-electron chi connectivity index (χ1n) is 4.96. The van der Waals surface area contributed by atoms with E-state index in [1.807, 2.05) is 6.08 Å². The maximum absolute atomic E-state index is 3.73.